The lowest BCUT2D eigenvalue weighted by Gasteiger charge is -2.38. The van der Waals surface area contributed by atoms with Crippen molar-refractivity contribution >= 4 is 34.5 Å². The first-order valence-corrected chi connectivity index (χ1v) is 25.4. The van der Waals surface area contributed by atoms with Crippen molar-refractivity contribution in [2.45, 2.75) is 119 Å². The summed E-state index contributed by atoms with van der Waals surface area (Å²) in [7, 11) is 5.78. The molecule has 0 bridgehead atoms. The van der Waals surface area contributed by atoms with Crippen LogP contribution in [0.3, 0.4) is 0 Å². The minimum atomic E-state index is -5.76. The van der Waals surface area contributed by atoms with Crippen molar-refractivity contribution in [3.8, 4) is 0 Å². The molecule has 52 heavy (non-hydrogen) atoms. The molecule has 10 nitrogen and oxygen atoms in total. The van der Waals surface area contributed by atoms with Gasteiger partial charge >= 0.3 is 50.5 Å². The fraction of sp³-hybridized carbons (Fsp3) is 1.00. The van der Waals surface area contributed by atoms with E-state index in [0.29, 0.717) is 5.54 Å². The van der Waals surface area contributed by atoms with Crippen molar-refractivity contribution in [3.05, 3.63) is 0 Å². The van der Waals surface area contributed by atoms with Gasteiger partial charge in [0.2, 0.25) is 0 Å². The summed E-state index contributed by atoms with van der Waals surface area (Å²) >= 11 is 0. The predicted molar refractivity (Wildman–Crippen MR) is 186 cm³/mol. The SMILES string of the molecule is CC(F)(F)C(F)(F)C(F)(F)CCOC(F)(F)F.CCC(CCC[Si](OC)(OC)OC)[Si](C)(CCC[Si](OC)(OC)OC)CCC[Si](OC)(OC)OC. The van der Waals surface area contributed by atoms with Gasteiger partial charge in [-0.05, 0) is 12.0 Å². The molecule has 0 aliphatic rings. The second-order valence-corrected chi connectivity index (χ2v) is 26.9. The quantitative estimate of drug-likeness (QED) is 0.0562. The Morgan fingerprint density at radius 3 is 1.12 bits per heavy atom. The van der Waals surface area contributed by atoms with Crippen LogP contribution in [0.2, 0.25) is 42.3 Å². The van der Waals surface area contributed by atoms with Crippen LogP contribution in [0.15, 0.2) is 0 Å². The molecule has 1 unspecified atom stereocenters. The molecule has 0 N–H and O–H groups in total. The van der Waals surface area contributed by atoms with Gasteiger partial charge < -0.3 is 39.8 Å². The molecule has 0 aromatic rings. The van der Waals surface area contributed by atoms with Gasteiger partial charge in [0.1, 0.15) is 0 Å². The molecule has 23 heteroatoms. The van der Waals surface area contributed by atoms with E-state index in [-0.39, 0.29) is 0 Å². The van der Waals surface area contributed by atoms with E-state index in [1.165, 1.54) is 12.1 Å². The summed E-state index contributed by atoms with van der Waals surface area (Å²) in [4.78, 5) is 0. The minimum Gasteiger partial charge on any atom is -0.377 e. The molecule has 0 spiro atoms. The van der Waals surface area contributed by atoms with Crippen LogP contribution in [-0.4, -0.2) is 129 Å². The van der Waals surface area contributed by atoms with Crippen LogP contribution in [0.25, 0.3) is 0 Å². The lowest BCUT2D eigenvalue weighted by atomic mass is 10.0. The highest BCUT2D eigenvalue weighted by Gasteiger charge is 2.68. The van der Waals surface area contributed by atoms with E-state index in [1.54, 1.807) is 64.0 Å². The van der Waals surface area contributed by atoms with Crippen LogP contribution in [0.1, 0.15) is 52.4 Å². The van der Waals surface area contributed by atoms with Crippen LogP contribution in [-0.2, 0) is 44.6 Å². The van der Waals surface area contributed by atoms with Crippen molar-refractivity contribution in [3.63, 3.8) is 0 Å². The first kappa shape index (κ1) is 53.9. The Labute approximate surface area is 307 Å². The zero-order valence-corrected chi connectivity index (χ0v) is 36.5. The Morgan fingerprint density at radius 1 is 0.519 bits per heavy atom. The maximum absolute atomic E-state index is 12.6. The van der Waals surface area contributed by atoms with E-state index in [1.807, 2.05) is 0 Å². The molecule has 0 radical (unpaired) electrons. The van der Waals surface area contributed by atoms with Crippen LogP contribution in [0.5, 0.6) is 0 Å². The number of alkyl halides is 9. The van der Waals surface area contributed by atoms with Crippen LogP contribution < -0.4 is 0 Å². The average molecular weight is 853 g/mol. The van der Waals surface area contributed by atoms with Gasteiger partial charge in [-0.2, -0.15) is 26.3 Å². The van der Waals surface area contributed by atoms with Gasteiger partial charge in [-0.3, -0.25) is 4.74 Å². The molecule has 0 aromatic carbocycles. The molecule has 0 saturated heterocycles. The van der Waals surface area contributed by atoms with Gasteiger partial charge in [0.05, 0.1) is 14.7 Å². The van der Waals surface area contributed by atoms with Crippen molar-refractivity contribution in [1.29, 1.82) is 0 Å². The second-order valence-electron chi connectivity index (χ2n) is 12.5. The highest BCUT2D eigenvalue weighted by atomic mass is 28.4. The van der Waals surface area contributed by atoms with Crippen molar-refractivity contribution < 1.29 is 84.1 Å². The second kappa shape index (κ2) is 23.8. The van der Waals surface area contributed by atoms with E-state index in [4.69, 9.17) is 39.8 Å². The zero-order chi connectivity index (χ0) is 41.1. The maximum atomic E-state index is 12.6. The molecule has 0 aliphatic heterocycles. The molecule has 1 atom stereocenters. The van der Waals surface area contributed by atoms with E-state index in [0.717, 1.165) is 50.2 Å². The molecule has 316 valence electrons. The first-order valence-electron chi connectivity index (χ1n) is 16.6. The van der Waals surface area contributed by atoms with Gasteiger partial charge in [-0.1, -0.05) is 51.2 Å². The fourth-order valence-electron chi connectivity index (χ4n) is 6.00. The lowest BCUT2D eigenvalue weighted by molar-refractivity contribution is -0.340. The van der Waals surface area contributed by atoms with Crippen LogP contribution in [0, 0.1) is 0 Å². The number of hydrogen-bond acceptors (Lipinski definition) is 10. The Bertz CT molecular complexity index is 892. The lowest BCUT2D eigenvalue weighted by Crippen LogP contribution is -2.53. The smallest absolute Gasteiger partial charge is 0.377 e. The third-order valence-electron chi connectivity index (χ3n) is 9.47. The summed E-state index contributed by atoms with van der Waals surface area (Å²) in [6.45, 7) is 2.58. The molecule has 0 aliphatic carbocycles. The summed E-state index contributed by atoms with van der Waals surface area (Å²) < 4.78 is 162. The highest BCUT2D eigenvalue weighted by Crippen LogP contribution is 2.47. The fourth-order valence-corrected chi connectivity index (χ4v) is 16.8. The Balaban J connectivity index is 0. The molecule has 0 rings (SSSR count). The summed E-state index contributed by atoms with van der Waals surface area (Å²) in [5.41, 5.74) is 0.673. The summed E-state index contributed by atoms with van der Waals surface area (Å²) in [5, 5.41) is 0. The highest BCUT2D eigenvalue weighted by molar-refractivity contribution is 6.80. The van der Waals surface area contributed by atoms with Gasteiger partial charge in [0, 0.05) is 95.5 Å². The van der Waals surface area contributed by atoms with Crippen molar-refractivity contribution in [2.24, 2.45) is 0 Å². The van der Waals surface area contributed by atoms with Crippen molar-refractivity contribution in [1.82, 2.24) is 0 Å². The average Bonchev–Trinajstić information content (AvgIpc) is 3.08. The zero-order valence-electron chi connectivity index (χ0n) is 32.5. The summed E-state index contributed by atoms with van der Waals surface area (Å²) in [6.07, 6.45) is -2.06. The van der Waals surface area contributed by atoms with Gasteiger partial charge in [0.25, 0.3) is 0 Å². The topological polar surface area (TPSA) is 92.3 Å². The van der Waals surface area contributed by atoms with Gasteiger partial charge in [-0.15, -0.1) is 13.2 Å². The number of ether oxygens (including phenoxy) is 1. The largest absolute Gasteiger partial charge is 0.522 e. The summed E-state index contributed by atoms with van der Waals surface area (Å²) in [6, 6.07) is 4.88. The number of hydrogen-bond donors (Lipinski definition) is 0. The number of rotatable bonds is 28. The summed E-state index contributed by atoms with van der Waals surface area (Å²) in [5.74, 6) is -16.1. The van der Waals surface area contributed by atoms with E-state index < -0.39 is 78.6 Å². The number of halogens is 9. The standard InChI is InChI=1S/C22H54O9Si4.C7H7F9O/c1-12-22(16-13-19-33(23-2,24-3)25-4)32(11,17-14-20-34(26-5,27-6)28-7)18-15-21-35(29-8,30-9)31-10;1-4(8,9)6(12,13)5(10,11)2-3-17-7(14,15)16/h22H,12-21H2,1-11H3;2-3H2,1H3. The molecule has 0 aromatic heterocycles. The maximum Gasteiger partial charge on any atom is 0.522 e. The first-order chi connectivity index (χ1) is 23.8. The molecule has 0 fully saturated rings. The van der Waals surface area contributed by atoms with Gasteiger partial charge in [-0.25, -0.2) is 0 Å². The minimum absolute atomic E-state index is 0.453. The Morgan fingerprint density at radius 2 is 0.846 bits per heavy atom. The van der Waals surface area contributed by atoms with E-state index in [2.05, 4.69) is 18.2 Å². The van der Waals surface area contributed by atoms with Crippen molar-refractivity contribution in [2.75, 3.05) is 70.6 Å². The Hall–Kier alpha value is -0.162. The monoisotopic (exact) mass is 852 g/mol. The molecule has 0 saturated carbocycles. The predicted octanol–water partition coefficient (Wildman–Crippen LogP) is 8.88. The van der Waals surface area contributed by atoms with Crippen LogP contribution >= 0.6 is 0 Å². The normalized spacial score (nSPS) is 14.7. The van der Waals surface area contributed by atoms with E-state index >= 15 is 0 Å². The molecule has 0 heterocycles. The molecule has 0 amide bonds. The molecular weight excluding hydrogens is 792 g/mol. The third kappa shape index (κ3) is 16.9. The van der Waals surface area contributed by atoms with Crippen LogP contribution in [0.4, 0.5) is 39.5 Å². The molecular formula is C29H61F9O10Si4. The van der Waals surface area contributed by atoms with E-state index in [9.17, 15) is 39.5 Å². The Kier molecular flexibility index (Phi) is 24.7. The van der Waals surface area contributed by atoms with Gasteiger partial charge in [0.15, 0.2) is 0 Å². The third-order valence-corrected chi connectivity index (χ3v) is 23.6.